The van der Waals surface area contributed by atoms with Crippen LogP contribution in [-0.2, 0) is 17.9 Å². The summed E-state index contributed by atoms with van der Waals surface area (Å²) in [5.41, 5.74) is 4.27. The number of carbonyl (C=O) groups is 2. The Hall–Kier alpha value is -4.24. The van der Waals surface area contributed by atoms with Gasteiger partial charge in [-0.05, 0) is 61.7 Å². The molecule has 0 aliphatic carbocycles. The van der Waals surface area contributed by atoms with E-state index in [4.69, 9.17) is 18.9 Å². The topological polar surface area (TPSA) is 98.4 Å². The van der Waals surface area contributed by atoms with Gasteiger partial charge in [0.25, 0.3) is 11.8 Å². The van der Waals surface area contributed by atoms with Crippen molar-refractivity contribution in [3.05, 3.63) is 82.4 Å². The molecule has 1 saturated heterocycles. The van der Waals surface area contributed by atoms with Crippen molar-refractivity contribution in [3.63, 3.8) is 0 Å². The zero-order valence-electron chi connectivity index (χ0n) is 24.0. The molecule has 0 saturated carbocycles. The number of rotatable bonds is 4. The molecule has 3 aromatic carbocycles. The molecule has 6 rings (SSSR count). The van der Waals surface area contributed by atoms with Gasteiger partial charge in [0.15, 0.2) is 6.61 Å². The van der Waals surface area contributed by atoms with Gasteiger partial charge in [-0.3, -0.25) is 14.5 Å². The third-order valence-corrected chi connectivity index (χ3v) is 7.72. The van der Waals surface area contributed by atoms with Crippen LogP contribution < -0.4 is 29.6 Å². The third-order valence-electron chi connectivity index (χ3n) is 7.72. The number of fused-ring (bicyclic) bond motifs is 7. The van der Waals surface area contributed by atoms with Crippen LogP contribution in [0, 0.1) is 13.8 Å². The highest BCUT2D eigenvalue weighted by molar-refractivity contribution is 5.95. The van der Waals surface area contributed by atoms with Crippen molar-refractivity contribution in [2.75, 3.05) is 33.9 Å². The zero-order valence-corrected chi connectivity index (χ0v) is 24.0. The summed E-state index contributed by atoms with van der Waals surface area (Å²) in [5.74, 6) is 2.35. The molecule has 9 heteroatoms. The average molecular weight is 560 g/mol. The van der Waals surface area contributed by atoms with Crippen LogP contribution in [0.2, 0.25) is 0 Å². The fourth-order valence-corrected chi connectivity index (χ4v) is 5.43. The molecule has 0 unspecified atom stereocenters. The van der Waals surface area contributed by atoms with Gasteiger partial charge in [0.05, 0.1) is 20.3 Å². The molecular weight excluding hydrogens is 522 g/mol. The van der Waals surface area contributed by atoms with Crippen LogP contribution in [0.15, 0.2) is 54.6 Å². The number of likely N-dealkylation sites (tertiary alicyclic amines) is 1. The normalized spacial score (nSPS) is 19.6. The molecule has 0 aromatic heterocycles. The van der Waals surface area contributed by atoms with Crippen molar-refractivity contribution in [2.24, 2.45) is 0 Å². The number of nitrogens with one attached hydrogen (secondary N) is 2. The van der Waals surface area contributed by atoms with E-state index < -0.39 is 0 Å². The summed E-state index contributed by atoms with van der Waals surface area (Å²) in [4.78, 5) is 28.2. The summed E-state index contributed by atoms with van der Waals surface area (Å²) in [7, 11) is 3.33. The third kappa shape index (κ3) is 6.57. The lowest BCUT2D eigenvalue weighted by atomic mass is 9.99. The molecular formula is C32H37N3O6. The minimum Gasteiger partial charge on any atom is -0.496 e. The molecule has 41 heavy (non-hydrogen) atoms. The minimum absolute atomic E-state index is 0.138. The summed E-state index contributed by atoms with van der Waals surface area (Å²) in [6.07, 6.45) is 0.500. The van der Waals surface area contributed by atoms with E-state index in [-0.39, 0.29) is 30.6 Å². The summed E-state index contributed by atoms with van der Waals surface area (Å²) in [6.45, 7) is 6.16. The van der Waals surface area contributed by atoms with Crippen LogP contribution in [0.3, 0.4) is 0 Å². The van der Waals surface area contributed by atoms with E-state index in [1.54, 1.807) is 26.4 Å². The Morgan fingerprint density at radius 2 is 1.80 bits per heavy atom. The highest BCUT2D eigenvalue weighted by Gasteiger charge is 2.33. The average Bonchev–Trinajstić information content (AvgIpc) is 2.97. The van der Waals surface area contributed by atoms with Gasteiger partial charge in [-0.2, -0.15) is 0 Å². The lowest BCUT2D eigenvalue weighted by Gasteiger charge is -2.39. The Labute approximate surface area is 240 Å². The van der Waals surface area contributed by atoms with Gasteiger partial charge in [0.2, 0.25) is 0 Å². The first-order chi connectivity index (χ1) is 19.8. The Bertz CT molecular complexity index is 1410. The lowest BCUT2D eigenvalue weighted by molar-refractivity contribution is -0.123. The van der Waals surface area contributed by atoms with E-state index in [1.165, 1.54) is 0 Å². The number of ether oxygens (including phenoxy) is 4. The Morgan fingerprint density at radius 3 is 2.56 bits per heavy atom. The smallest absolute Gasteiger partial charge is 0.258 e. The molecule has 3 heterocycles. The molecule has 4 bridgehead atoms. The lowest BCUT2D eigenvalue weighted by Crippen LogP contribution is -2.56. The first-order valence-electron chi connectivity index (χ1n) is 13.8. The van der Waals surface area contributed by atoms with E-state index in [9.17, 15) is 9.59 Å². The van der Waals surface area contributed by atoms with Crippen LogP contribution in [0.1, 0.15) is 39.0 Å². The van der Waals surface area contributed by atoms with Crippen LogP contribution in [0.4, 0.5) is 0 Å². The van der Waals surface area contributed by atoms with Gasteiger partial charge >= 0.3 is 0 Å². The largest absolute Gasteiger partial charge is 0.496 e. The predicted octanol–water partition coefficient (Wildman–Crippen LogP) is 3.78. The van der Waals surface area contributed by atoms with E-state index in [1.807, 2.05) is 56.3 Å². The highest BCUT2D eigenvalue weighted by atomic mass is 16.5. The maximum Gasteiger partial charge on any atom is 0.258 e. The van der Waals surface area contributed by atoms with Crippen LogP contribution >= 0.6 is 0 Å². The SMILES string of the molecule is COc1ccc(CN2CC[C@@H]3Oc4ccc(cc4)CNC(=O)COc4cc(ccc4C)C(=O)N[C@H]3C2)c(OC)c1C. The maximum absolute atomic E-state index is 13.5. The van der Waals surface area contributed by atoms with Crippen LogP contribution in [0.25, 0.3) is 0 Å². The van der Waals surface area contributed by atoms with Gasteiger partial charge in [-0.15, -0.1) is 0 Å². The van der Waals surface area contributed by atoms with Crippen LogP contribution in [-0.4, -0.2) is 62.8 Å². The molecule has 0 spiro atoms. The number of piperidine rings is 1. The molecule has 9 nitrogen and oxygen atoms in total. The number of methoxy groups -OCH3 is 2. The first kappa shape index (κ1) is 28.3. The predicted molar refractivity (Wildman–Crippen MR) is 155 cm³/mol. The number of amides is 2. The number of benzene rings is 3. The second kappa shape index (κ2) is 12.5. The monoisotopic (exact) mass is 559 g/mol. The molecule has 2 amide bonds. The number of carbonyl (C=O) groups excluding carboxylic acids is 2. The number of hydrogen-bond donors (Lipinski definition) is 2. The second-order valence-electron chi connectivity index (χ2n) is 10.5. The molecule has 216 valence electrons. The van der Waals surface area contributed by atoms with Crippen LogP contribution in [0.5, 0.6) is 23.0 Å². The quantitative estimate of drug-likeness (QED) is 0.502. The molecule has 3 aliphatic heterocycles. The van der Waals surface area contributed by atoms with Crippen molar-refractivity contribution in [2.45, 2.75) is 45.5 Å². The minimum atomic E-state index is -0.272. The maximum atomic E-state index is 13.5. The summed E-state index contributed by atoms with van der Waals surface area (Å²) >= 11 is 0. The second-order valence-corrected chi connectivity index (χ2v) is 10.5. The standard InChI is InChI=1S/C32H37N3O6/c1-20-5-8-23-15-29(20)40-19-30(36)33-16-22-6-10-25(11-7-22)41-28-13-14-35(18-26(28)34-32(23)37)17-24-9-12-27(38-3)21(2)31(24)39-4/h5-12,15,26,28H,13-14,16-19H2,1-4H3,(H,33,36)(H,34,37)/t26-,28-/m0/s1. The molecule has 0 radical (unpaired) electrons. The molecule has 1 fully saturated rings. The molecule has 2 atom stereocenters. The molecule has 3 aliphatic rings. The van der Waals surface area contributed by atoms with Gasteiger partial charge < -0.3 is 29.6 Å². The van der Waals surface area contributed by atoms with Gasteiger partial charge in [0, 0.05) is 42.9 Å². The first-order valence-corrected chi connectivity index (χ1v) is 13.8. The van der Waals surface area contributed by atoms with Crippen molar-refractivity contribution in [3.8, 4) is 23.0 Å². The van der Waals surface area contributed by atoms with Crippen molar-refractivity contribution < 1.29 is 28.5 Å². The van der Waals surface area contributed by atoms with E-state index in [0.29, 0.717) is 30.9 Å². The summed E-state index contributed by atoms with van der Waals surface area (Å²) in [6, 6.07) is 16.7. The van der Waals surface area contributed by atoms with Gasteiger partial charge in [0.1, 0.15) is 29.1 Å². The highest BCUT2D eigenvalue weighted by Crippen LogP contribution is 2.33. The number of hydrogen-bond acceptors (Lipinski definition) is 7. The summed E-state index contributed by atoms with van der Waals surface area (Å²) < 4.78 is 23.4. The molecule has 2 N–H and O–H groups in total. The Balaban J connectivity index is 1.41. The van der Waals surface area contributed by atoms with Crippen molar-refractivity contribution in [1.29, 1.82) is 0 Å². The number of aryl methyl sites for hydroxylation is 1. The van der Waals surface area contributed by atoms with Gasteiger partial charge in [-0.1, -0.05) is 24.3 Å². The summed E-state index contributed by atoms with van der Waals surface area (Å²) in [5, 5.41) is 6.10. The Kier molecular flexibility index (Phi) is 8.64. The fraction of sp³-hybridized carbons (Fsp3) is 0.375. The Morgan fingerprint density at radius 1 is 1.00 bits per heavy atom. The fourth-order valence-electron chi connectivity index (χ4n) is 5.43. The van der Waals surface area contributed by atoms with Crippen molar-refractivity contribution >= 4 is 11.8 Å². The number of nitrogens with zero attached hydrogens (tertiary/aromatic N) is 1. The molecule has 3 aromatic rings. The van der Waals surface area contributed by atoms with Gasteiger partial charge in [-0.25, -0.2) is 0 Å². The zero-order chi connectivity index (χ0) is 28.9. The van der Waals surface area contributed by atoms with Crippen molar-refractivity contribution in [1.82, 2.24) is 15.5 Å². The van der Waals surface area contributed by atoms with E-state index in [2.05, 4.69) is 15.5 Å². The van der Waals surface area contributed by atoms with E-state index in [0.717, 1.165) is 52.5 Å². The van der Waals surface area contributed by atoms with E-state index >= 15 is 0 Å².